The van der Waals surface area contributed by atoms with Crippen molar-refractivity contribution in [3.05, 3.63) is 12.7 Å². The molecule has 0 spiro atoms. The standard InChI is InChI=1S/C16H24O6/c1-6-16(7-8-17)11(10-9-18-14(2,3)20-10)19-13-12(16)21-15(4,5)22-13/h6,8,10-13H,1,7,9H2,2-5H3/t10?,11-,12+,13-,16+/m1/s1. The molecule has 3 rings (SSSR count). The van der Waals surface area contributed by atoms with Crippen LogP contribution in [0.4, 0.5) is 0 Å². The molecule has 5 atom stereocenters. The second kappa shape index (κ2) is 5.11. The molecule has 0 saturated carbocycles. The molecule has 0 aromatic heterocycles. The molecule has 0 amide bonds. The van der Waals surface area contributed by atoms with Crippen molar-refractivity contribution < 1.29 is 28.5 Å². The summed E-state index contributed by atoms with van der Waals surface area (Å²) < 4.78 is 29.5. The Morgan fingerprint density at radius 3 is 2.36 bits per heavy atom. The van der Waals surface area contributed by atoms with E-state index in [0.29, 0.717) is 6.61 Å². The summed E-state index contributed by atoms with van der Waals surface area (Å²) in [5, 5.41) is 0. The molecule has 6 nitrogen and oxygen atoms in total. The Hall–Kier alpha value is -0.790. The fraction of sp³-hybridized carbons (Fsp3) is 0.812. The van der Waals surface area contributed by atoms with Gasteiger partial charge in [-0.25, -0.2) is 0 Å². The van der Waals surface area contributed by atoms with Gasteiger partial charge >= 0.3 is 0 Å². The fourth-order valence-corrected chi connectivity index (χ4v) is 3.62. The van der Waals surface area contributed by atoms with E-state index in [-0.39, 0.29) is 18.6 Å². The van der Waals surface area contributed by atoms with Gasteiger partial charge in [0.05, 0.1) is 12.0 Å². The van der Waals surface area contributed by atoms with Gasteiger partial charge in [0.1, 0.15) is 24.6 Å². The molecule has 3 heterocycles. The van der Waals surface area contributed by atoms with Crippen molar-refractivity contribution in [1.29, 1.82) is 0 Å². The minimum atomic E-state index is -0.746. The number of carbonyl (C=O) groups excluding carboxylic acids is 1. The Kier molecular flexibility index (Phi) is 3.73. The van der Waals surface area contributed by atoms with Gasteiger partial charge in [0, 0.05) is 6.42 Å². The molecule has 0 N–H and O–H groups in total. The number of hydrogen-bond acceptors (Lipinski definition) is 6. The molecule has 0 aliphatic carbocycles. The average molecular weight is 312 g/mol. The van der Waals surface area contributed by atoms with Crippen molar-refractivity contribution in [1.82, 2.24) is 0 Å². The van der Waals surface area contributed by atoms with Gasteiger partial charge < -0.3 is 28.5 Å². The van der Waals surface area contributed by atoms with E-state index in [0.717, 1.165) is 6.29 Å². The predicted octanol–water partition coefficient (Wildman–Crippen LogP) is 1.78. The average Bonchev–Trinajstić information content (AvgIpc) is 3.00. The number of aldehydes is 1. The molecule has 3 aliphatic heterocycles. The monoisotopic (exact) mass is 312 g/mol. The van der Waals surface area contributed by atoms with E-state index in [1.54, 1.807) is 6.08 Å². The zero-order valence-electron chi connectivity index (χ0n) is 13.5. The normalized spacial score (nSPS) is 45.6. The van der Waals surface area contributed by atoms with Crippen LogP contribution in [0.15, 0.2) is 12.7 Å². The lowest BCUT2D eigenvalue weighted by molar-refractivity contribution is -0.233. The maximum atomic E-state index is 11.3. The van der Waals surface area contributed by atoms with Crippen LogP contribution in [-0.4, -0.2) is 49.1 Å². The largest absolute Gasteiger partial charge is 0.348 e. The van der Waals surface area contributed by atoms with Crippen molar-refractivity contribution in [3.63, 3.8) is 0 Å². The van der Waals surface area contributed by atoms with Crippen LogP contribution in [0.5, 0.6) is 0 Å². The lowest BCUT2D eigenvalue weighted by Gasteiger charge is -2.36. The summed E-state index contributed by atoms with van der Waals surface area (Å²) in [6.07, 6.45) is 1.23. The van der Waals surface area contributed by atoms with E-state index in [1.165, 1.54) is 0 Å². The second-order valence-corrected chi connectivity index (χ2v) is 7.04. The SMILES string of the molecule is C=C[C@]1(CC=O)[C@@H](C2COC(C)(C)O2)O[C@@H]2OC(C)(C)O[C@@H]21. The third-order valence-corrected chi connectivity index (χ3v) is 4.58. The number of rotatable bonds is 4. The molecule has 0 aromatic carbocycles. The number of fused-ring (bicyclic) bond motifs is 1. The van der Waals surface area contributed by atoms with E-state index in [1.807, 2.05) is 27.7 Å². The van der Waals surface area contributed by atoms with E-state index in [9.17, 15) is 4.79 Å². The lowest BCUT2D eigenvalue weighted by atomic mass is 9.74. The summed E-state index contributed by atoms with van der Waals surface area (Å²) in [7, 11) is 0. The van der Waals surface area contributed by atoms with Crippen LogP contribution in [0.25, 0.3) is 0 Å². The number of ether oxygens (including phenoxy) is 5. The smallest absolute Gasteiger partial charge is 0.188 e. The molecule has 1 unspecified atom stereocenters. The van der Waals surface area contributed by atoms with E-state index < -0.39 is 29.4 Å². The molecule has 3 fully saturated rings. The summed E-state index contributed by atoms with van der Waals surface area (Å²) in [6, 6.07) is 0. The van der Waals surface area contributed by atoms with Crippen molar-refractivity contribution in [2.45, 2.75) is 70.3 Å². The first-order valence-corrected chi connectivity index (χ1v) is 7.63. The first-order chi connectivity index (χ1) is 10.2. The molecule has 3 saturated heterocycles. The molecule has 124 valence electrons. The van der Waals surface area contributed by atoms with Crippen LogP contribution < -0.4 is 0 Å². The molecule has 6 heteroatoms. The maximum Gasteiger partial charge on any atom is 0.188 e. The molecule has 0 bridgehead atoms. The van der Waals surface area contributed by atoms with E-state index in [2.05, 4.69) is 6.58 Å². The lowest BCUT2D eigenvalue weighted by Crippen LogP contribution is -2.47. The Labute approximate surface area is 130 Å². The fourth-order valence-electron chi connectivity index (χ4n) is 3.62. The van der Waals surface area contributed by atoms with Crippen LogP contribution in [0, 0.1) is 5.41 Å². The quantitative estimate of drug-likeness (QED) is 0.582. The van der Waals surface area contributed by atoms with Crippen molar-refractivity contribution in [2.24, 2.45) is 5.41 Å². The van der Waals surface area contributed by atoms with Crippen LogP contribution >= 0.6 is 0 Å². The highest BCUT2D eigenvalue weighted by atomic mass is 16.8. The summed E-state index contributed by atoms with van der Waals surface area (Å²) in [5.41, 5.74) is -0.686. The maximum absolute atomic E-state index is 11.3. The van der Waals surface area contributed by atoms with Crippen LogP contribution in [0.2, 0.25) is 0 Å². The van der Waals surface area contributed by atoms with Crippen molar-refractivity contribution in [3.8, 4) is 0 Å². The molecular weight excluding hydrogens is 288 g/mol. The minimum absolute atomic E-state index is 0.238. The van der Waals surface area contributed by atoms with E-state index >= 15 is 0 Å². The topological polar surface area (TPSA) is 63.2 Å². The highest BCUT2D eigenvalue weighted by molar-refractivity contribution is 5.53. The predicted molar refractivity (Wildman–Crippen MR) is 76.9 cm³/mol. The van der Waals surface area contributed by atoms with Gasteiger partial charge in [-0.1, -0.05) is 6.08 Å². The van der Waals surface area contributed by atoms with Gasteiger partial charge in [-0.15, -0.1) is 6.58 Å². The zero-order valence-corrected chi connectivity index (χ0v) is 13.5. The summed E-state index contributed by atoms with van der Waals surface area (Å²) in [5.74, 6) is -1.41. The van der Waals surface area contributed by atoms with Gasteiger partial charge in [0.15, 0.2) is 17.9 Å². The zero-order chi connectivity index (χ0) is 16.2. The number of carbonyl (C=O) groups is 1. The van der Waals surface area contributed by atoms with Crippen LogP contribution in [0.3, 0.4) is 0 Å². The van der Waals surface area contributed by atoms with Crippen LogP contribution in [0.1, 0.15) is 34.1 Å². The molecule has 3 aliphatic rings. The van der Waals surface area contributed by atoms with E-state index in [4.69, 9.17) is 23.7 Å². The summed E-state index contributed by atoms with van der Waals surface area (Å²) in [6.45, 7) is 11.7. The Bertz CT molecular complexity index is 473. The molecule has 0 radical (unpaired) electrons. The molecule has 0 aromatic rings. The Morgan fingerprint density at radius 1 is 1.09 bits per heavy atom. The first-order valence-electron chi connectivity index (χ1n) is 7.63. The van der Waals surface area contributed by atoms with Crippen molar-refractivity contribution >= 4 is 6.29 Å². The molecule has 22 heavy (non-hydrogen) atoms. The van der Waals surface area contributed by atoms with Gasteiger partial charge in [-0.2, -0.15) is 0 Å². The van der Waals surface area contributed by atoms with Gasteiger partial charge in [0.25, 0.3) is 0 Å². The third-order valence-electron chi connectivity index (χ3n) is 4.58. The second-order valence-electron chi connectivity index (χ2n) is 7.04. The highest BCUT2D eigenvalue weighted by Crippen LogP contribution is 2.52. The Morgan fingerprint density at radius 2 is 1.82 bits per heavy atom. The van der Waals surface area contributed by atoms with Gasteiger partial charge in [0.2, 0.25) is 0 Å². The molecular formula is C16H24O6. The van der Waals surface area contributed by atoms with Crippen molar-refractivity contribution in [2.75, 3.05) is 6.61 Å². The summed E-state index contributed by atoms with van der Waals surface area (Å²) >= 11 is 0. The third kappa shape index (κ3) is 2.43. The summed E-state index contributed by atoms with van der Waals surface area (Å²) in [4.78, 5) is 11.3. The Balaban J connectivity index is 1.91. The van der Waals surface area contributed by atoms with Gasteiger partial charge in [-0.3, -0.25) is 0 Å². The highest BCUT2D eigenvalue weighted by Gasteiger charge is 2.64. The first kappa shape index (κ1) is 16.1. The van der Waals surface area contributed by atoms with Gasteiger partial charge in [-0.05, 0) is 27.7 Å². The van der Waals surface area contributed by atoms with Crippen LogP contribution in [-0.2, 0) is 28.5 Å². The minimum Gasteiger partial charge on any atom is -0.348 e. The number of hydrogen-bond donors (Lipinski definition) is 0.